The van der Waals surface area contributed by atoms with E-state index in [1.54, 1.807) is 37.3 Å². The first-order valence-electron chi connectivity index (χ1n) is 10.0. The van der Waals surface area contributed by atoms with Crippen molar-refractivity contribution in [1.29, 1.82) is 0 Å². The number of methoxy groups -OCH3 is 4. The highest BCUT2D eigenvalue weighted by Gasteiger charge is 2.30. The number of ether oxygens (including phenoxy) is 4. The van der Waals surface area contributed by atoms with Crippen molar-refractivity contribution in [1.82, 2.24) is 10.2 Å². The molecule has 8 heteroatoms. The normalized spacial score (nSPS) is 15.4. The monoisotopic (exact) mass is 428 g/mol. The minimum absolute atomic E-state index is 0.0684. The fraction of sp³-hybridized carbons (Fsp3) is 0.391. The van der Waals surface area contributed by atoms with Crippen LogP contribution in [0.4, 0.5) is 0 Å². The van der Waals surface area contributed by atoms with Crippen molar-refractivity contribution < 1.29 is 28.5 Å². The molecule has 3 rings (SSSR count). The molecule has 2 amide bonds. The predicted octanol–water partition coefficient (Wildman–Crippen LogP) is 2.81. The van der Waals surface area contributed by atoms with Crippen LogP contribution in [0.15, 0.2) is 36.4 Å². The molecule has 2 aromatic rings. The second-order valence-electron chi connectivity index (χ2n) is 7.14. The molecule has 0 bridgehead atoms. The summed E-state index contributed by atoms with van der Waals surface area (Å²) in [4.78, 5) is 27.3. The topological polar surface area (TPSA) is 86.3 Å². The number of nitrogens with zero attached hydrogens (tertiary/aromatic N) is 1. The highest BCUT2D eigenvalue weighted by atomic mass is 16.5. The van der Waals surface area contributed by atoms with Crippen molar-refractivity contribution in [3.05, 3.63) is 47.5 Å². The lowest BCUT2D eigenvalue weighted by Crippen LogP contribution is -2.39. The van der Waals surface area contributed by atoms with Gasteiger partial charge in [-0.1, -0.05) is 6.07 Å². The molecule has 1 atom stereocenters. The van der Waals surface area contributed by atoms with E-state index >= 15 is 0 Å². The molecule has 31 heavy (non-hydrogen) atoms. The number of nitrogens with one attached hydrogen (secondary N) is 1. The van der Waals surface area contributed by atoms with E-state index in [1.165, 1.54) is 14.2 Å². The van der Waals surface area contributed by atoms with Crippen LogP contribution < -0.4 is 24.3 Å². The van der Waals surface area contributed by atoms with Crippen LogP contribution in [0.2, 0.25) is 0 Å². The molecule has 1 N–H and O–H groups in total. The Morgan fingerprint density at radius 2 is 1.61 bits per heavy atom. The van der Waals surface area contributed by atoms with E-state index in [2.05, 4.69) is 5.32 Å². The zero-order chi connectivity index (χ0) is 22.4. The van der Waals surface area contributed by atoms with Crippen LogP contribution in [0.3, 0.4) is 0 Å². The van der Waals surface area contributed by atoms with Gasteiger partial charge in [0.05, 0.1) is 41.0 Å². The highest BCUT2D eigenvalue weighted by Crippen LogP contribution is 2.36. The first-order chi connectivity index (χ1) is 15.0. The Morgan fingerprint density at radius 1 is 0.935 bits per heavy atom. The van der Waals surface area contributed by atoms with E-state index in [-0.39, 0.29) is 24.4 Å². The van der Waals surface area contributed by atoms with Crippen molar-refractivity contribution in [3.63, 3.8) is 0 Å². The summed E-state index contributed by atoms with van der Waals surface area (Å²) in [6.45, 7) is 0.544. The largest absolute Gasteiger partial charge is 0.497 e. The van der Waals surface area contributed by atoms with Crippen LogP contribution in [0.5, 0.6) is 23.0 Å². The number of amides is 2. The second kappa shape index (κ2) is 10.1. The van der Waals surface area contributed by atoms with Gasteiger partial charge in [0, 0.05) is 18.2 Å². The molecule has 1 aliphatic rings. The van der Waals surface area contributed by atoms with Gasteiger partial charge in [-0.05, 0) is 42.7 Å². The number of rotatable bonds is 8. The number of benzene rings is 2. The molecule has 0 aliphatic carbocycles. The lowest BCUT2D eigenvalue weighted by molar-refractivity contribution is -0.131. The molecule has 0 aromatic heterocycles. The van der Waals surface area contributed by atoms with Gasteiger partial charge >= 0.3 is 0 Å². The fourth-order valence-corrected chi connectivity index (χ4v) is 3.77. The third kappa shape index (κ3) is 5.02. The number of likely N-dealkylation sites (tertiary alicyclic amines) is 1. The lowest BCUT2D eigenvalue weighted by Gasteiger charge is -2.26. The Morgan fingerprint density at radius 3 is 2.23 bits per heavy atom. The predicted molar refractivity (Wildman–Crippen MR) is 115 cm³/mol. The summed E-state index contributed by atoms with van der Waals surface area (Å²) >= 11 is 0. The van der Waals surface area contributed by atoms with Gasteiger partial charge in [-0.3, -0.25) is 9.59 Å². The summed E-state index contributed by atoms with van der Waals surface area (Å²) in [7, 11) is 6.20. The van der Waals surface area contributed by atoms with Gasteiger partial charge in [0.1, 0.15) is 11.5 Å². The SMILES string of the molecule is COc1cc(OC)cc(C(=O)NCC(=O)N2CCCC2c2ccc(OC)c(OC)c2)c1. The molecular weight excluding hydrogens is 400 g/mol. The summed E-state index contributed by atoms with van der Waals surface area (Å²) in [5.41, 5.74) is 1.34. The first-order valence-corrected chi connectivity index (χ1v) is 10.0. The summed E-state index contributed by atoms with van der Waals surface area (Å²) in [5.74, 6) is 1.77. The number of carbonyl (C=O) groups is 2. The second-order valence-corrected chi connectivity index (χ2v) is 7.14. The summed E-state index contributed by atoms with van der Waals surface area (Å²) in [6, 6.07) is 10.5. The summed E-state index contributed by atoms with van der Waals surface area (Å²) < 4.78 is 21.1. The third-order valence-electron chi connectivity index (χ3n) is 5.38. The fourth-order valence-electron chi connectivity index (χ4n) is 3.77. The van der Waals surface area contributed by atoms with E-state index in [0.29, 0.717) is 35.1 Å². The third-order valence-corrected chi connectivity index (χ3v) is 5.38. The van der Waals surface area contributed by atoms with Crippen molar-refractivity contribution in [3.8, 4) is 23.0 Å². The quantitative estimate of drug-likeness (QED) is 0.696. The molecule has 1 saturated heterocycles. The summed E-state index contributed by atoms with van der Waals surface area (Å²) in [6.07, 6.45) is 1.74. The minimum Gasteiger partial charge on any atom is -0.497 e. The Bertz CT molecular complexity index is 923. The van der Waals surface area contributed by atoms with Crippen LogP contribution >= 0.6 is 0 Å². The number of hydrogen-bond acceptors (Lipinski definition) is 6. The first kappa shape index (κ1) is 22.3. The molecule has 1 heterocycles. The molecule has 1 aliphatic heterocycles. The maximum Gasteiger partial charge on any atom is 0.251 e. The number of hydrogen-bond donors (Lipinski definition) is 1. The molecule has 1 fully saturated rings. The van der Waals surface area contributed by atoms with E-state index in [9.17, 15) is 9.59 Å². The maximum absolute atomic E-state index is 12.9. The molecule has 2 aromatic carbocycles. The van der Waals surface area contributed by atoms with Gasteiger partial charge in [0.25, 0.3) is 5.91 Å². The molecule has 0 radical (unpaired) electrons. The van der Waals surface area contributed by atoms with Crippen LogP contribution in [0.1, 0.15) is 34.8 Å². The van der Waals surface area contributed by atoms with E-state index in [0.717, 1.165) is 18.4 Å². The van der Waals surface area contributed by atoms with Gasteiger partial charge < -0.3 is 29.2 Å². The molecular formula is C23H28N2O6. The molecule has 0 spiro atoms. The van der Waals surface area contributed by atoms with Crippen molar-refractivity contribution in [2.45, 2.75) is 18.9 Å². The standard InChI is InChI=1S/C23H28N2O6/c1-28-17-10-16(11-18(13-17)29-2)23(27)24-14-22(26)25-9-5-6-19(25)15-7-8-20(30-3)21(12-15)31-4/h7-8,10-13,19H,5-6,9,14H2,1-4H3,(H,24,27). The van der Waals surface area contributed by atoms with Crippen LogP contribution in [0, 0.1) is 0 Å². The number of carbonyl (C=O) groups excluding carboxylic acids is 2. The molecule has 8 nitrogen and oxygen atoms in total. The lowest BCUT2D eigenvalue weighted by atomic mass is 10.0. The van der Waals surface area contributed by atoms with Gasteiger partial charge in [0.2, 0.25) is 5.91 Å². The van der Waals surface area contributed by atoms with Crippen molar-refractivity contribution >= 4 is 11.8 Å². The highest BCUT2D eigenvalue weighted by molar-refractivity contribution is 5.97. The van der Waals surface area contributed by atoms with Crippen LogP contribution in [-0.2, 0) is 4.79 Å². The minimum atomic E-state index is -0.368. The van der Waals surface area contributed by atoms with Gasteiger partial charge in [-0.25, -0.2) is 0 Å². The average Bonchev–Trinajstić information content (AvgIpc) is 3.31. The Labute approximate surface area is 182 Å². The smallest absolute Gasteiger partial charge is 0.251 e. The molecule has 1 unspecified atom stereocenters. The van der Waals surface area contributed by atoms with Crippen LogP contribution in [-0.4, -0.2) is 58.2 Å². The van der Waals surface area contributed by atoms with Crippen molar-refractivity contribution in [2.75, 3.05) is 41.5 Å². The summed E-state index contributed by atoms with van der Waals surface area (Å²) in [5, 5.41) is 2.71. The zero-order valence-corrected chi connectivity index (χ0v) is 18.3. The van der Waals surface area contributed by atoms with Crippen molar-refractivity contribution in [2.24, 2.45) is 0 Å². The average molecular weight is 428 g/mol. The van der Waals surface area contributed by atoms with E-state index in [4.69, 9.17) is 18.9 Å². The molecule has 0 saturated carbocycles. The maximum atomic E-state index is 12.9. The Hall–Kier alpha value is -3.42. The molecule has 166 valence electrons. The van der Waals surface area contributed by atoms with Gasteiger partial charge in [-0.2, -0.15) is 0 Å². The Balaban J connectivity index is 1.68. The zero-order valence-electron chi connectivity index (χ0n) is 18.3. The van der Waals surface area contributed by atoms with E-state index in [1.807, 2.05) is 18.2 Å². The van der Waals surface area contributed by atoms with Crippen LogP contribution in [0.25, 0.3) is 0 Å². The van der Waals surface area contributed by atoms with E-state index < -0.39 is 0 Å². The Kier molecular flexibility index (Phi) is 7.23. The van der Waals surface area contributed by atoms with Gasteiger partial charge in [0.15, 0.2) is 11.5 Å². The van der Waals surface area contributed by atoms with Gasteiger partial charge in [-0.15, -0.1) is 0 Å².